The van der Waals surface area contributed by atoms with Crippen LogP contribution < -0.4 is 4.74 Å². The number of nitrogens with zero attached hydrogens (tertiary/aromatic N) is 2. The fourth-order valence-corrected chi connectivity index (χ4v) is 3.71. The summed E-state index contributed by atoms with van der Waals surface area (Å²) < 4.78 is 12.4. The molecule has 0 amide bonds. The highest BCUT2D eigenvalue weighted by Gasteiger charge is 2.16. The molecule has 0 fully saturated rings. The number of esters is 1. The van der Waals surface area contributed by atoms with Gasteiger partial charge in [-0.05, 0) is 30.7 Å². The van der Waals surface area contributed by atoms with Crippen molar-refractivity contribution in [3.8, 4) is 5.75 Å². The lowest BCUT2D eigenvalue weighted by Crippen LogP contribution is -2.16. The van der Waals surface area contributed by atoms with Crippen LogP contribution in [-0.4, -0.2) is 40.8 Å². The van der Waals surface area contributed by atoms with Crippen molar-refractivity contribution in [1.82, 2.24) is 9.55 Å². The molecule has 7 heteroatoms. The van der Waals surface area contributed by atoms with Crippen LogP contribution in [0, 0.1) is 0 Å². The van der Waals surface area contributed by atoms with E-state index in [1.54, 1.807) is 24.3 Å². The SMILES string of the molecule is CCCn1c(SCC(=O)OCC(=O)c2ccccc2OC)nc2ccccc21. The second kappa shape index (κ2) is 9.41. The fourth-order valence-electron chi connectivity index (χ4n) is 2.87. The molecular weight excluding hydrogens is 376 g/mol. The van der Waals surface area contributed by atoms with Crippen LogP contribution in [0.3, 0.4) is 0 Å². The number of carbonyl (C=O) groups excluding carboxylic acids is 2. The van der Waals surface area contributed by atoms with Crippen LogP contribution in [0.15, 0.2) is 53.7 Å². The van der Waals surface area contributed by atoms with E-state index in [9.17, 15) is 9.59 Å². The minimum Gasteiger partial charge on any atom is -0.496 e. The number of imidazole rings is 1. The first-order valence-corrected chi connectivity index (χ1v) is 10.0. The van der Waals surface area contributed by atoms with Gasteiger partial charge in [-0.1, -0.05) is 43.0 Å². The van der Waals surface area contributed by atoms with Crippen molar-refractivity contribution < 1.29 is 19.1 Å². The number of hydrogen-bond acceptors (Lipinski definition) is 6. The molecule has 0 aliphatic rings. The standard InChI is InChI=1S/C21H22N2O4S/c1-3-12-23-17-10-6-5-9-16(17)22-21(23)28-14-20(25)27-13-18(24)15-8-4-7-11-19(15)26-2/h4-11H,3,12-14H2,1-2H3. The first-order chi connectivity index (χ1) is 13.6. The number of benzene rings is 2. The second-order valence-corrected chi connectivity index (χ2v) is 7.05. The molecule has 0 spiro atoms. The van der Waals surface area contributed by atoms with Crippen molar-refractivity contribution in [3.05, 3.63) is 54.1 Å². The minimum absolute atomic E-state index is 0.0895. The van der Waals surface area contributed by atoms with Gasteiger partial charge < -0.3 is 14.0 Å². The molecule has 3 aromatic rings. The maximum atomic E-state index is 12.3. The van der Waals surface area contributed by atoms with Gasteiger partial charge in [0.1, 0.15) is 5.75 Å². The Morgan fingerprint density at radius 2 is 1.86 bits per heavy atom. The third-order valence-electron chi connectivity index (χ3n) is 4.16. The summed E-state index contributed by atoms with van der Waals surface area (Å²) in [6.07, 6.45) is 0.964. The van der Waals surface area contributed by atoms with Crippen LogP contribution in [0.25, 0.3) is 11.0 Å². The van der Waals surface area contributed by atoms with E-state index in [-0.39, 0.29) is 18.1 Å². The van der Waals surface area contributed by atoms with E-state index in [1.165, 1.54) is 18.9 Å². The maximum absolute atomic E-state index is 12.3. The number of aryl methyl sites for hydroxylation is 1. The summed E-state index contributed by atoms with van der Waals surface area (Å²) in [5.74, 6) is -0.199. The number of fused-ring (bicyclic) bond motifs is 1. The first kappa shape index (κ1) is 19.9. The molecule has 146 valence electrons. The summed E-state index contributed by atoms with van der Waals surface area (Å²) in [5, 5.41) is 0.774. The van der Waals surface area contributed by atoms with Crippen LogP contribution in [0.1, 0.15) is 23.7 Å². The third-order valence-corrected chi connectivity index (χ3v) is 5.11. The Morgan fingerprint density at radius 3 is 2.64 bits per heavy atom. The maximum Gasteiger partial charge on any atom is 0.316 e. The summed E-state index contributed by atoms with van der Waals surface area (Å²) in [6.45, 7) is 2.61. The summed E-state index contributed by atoms with van der Waals surface area (Å²) in [7, 11) is 1.50. The Hall–Kier alpha value is -2.80. The molecule has 0 aliphatic carbocycles. The Balaban J connectivity index is 1.59. The van der Waals surface area contributed by atoms with E-state index in [2.05, 4.69) is 16.5 Å². The van der Waals surface area contributed by atoms with Gasteiger partial charge in [0.2, 0.25) is 5.78 Å². The fraction of sp³-hybridized carbons (Fsp3) is 0.286. The van der Waals surface area contributed by atoms with Crippen LogP contribution in [0.2, 0.25) is 0 Å². The van der Waals surface area contributed by atoms with Gasteiger partial charge in [-0.15, -0.1) is 0 Å². The zero-order valence-electron chi connectivity index (χ0n) is 15.9. The number of ether oxygens (including phenoxy) is 2. The highest BCUT2D eigenvalue weighted by atomic mass is 32.2. The second-order valence-electron chi connectivity index (χ2n) is 6.11. The van der Waals surface area contributed by atoms with Gasteiger partial charge in [0.25, 0.3) is 0 Å². The summed E-state index contributed by atoms with van der Waals surface area (Å²) in [4.78, 5) is 29.0. The van der Waals surface area contributed by atoms with E-state index in [0.717, 1.165) is 29.2 Å². The Bertz CT molecular complexity index is 983. The van der Waals surface area contributed by atoms with Crippen LogP contribution in [0.4, 0.5) is 0 Å². The average Bonchev–Trinajstić information content (AvgIpc) is 3.08. The number of rotatable bonds is 9. The van der Waals surface area contributed by atoms with Gasteiger partial charge in [0, 0.05) is 6.54 Å². The van der Waals surface area contributed by atoms with E-state index in [1.807, 2.05) is 24.3 Å². The molecule has 0 radical (unpaired) electrons. The van der Waals surface area contributed by atoms with Gasteiger partial charge in [0.15, 0.2) is 11.8 Å². The van der Waals surface area contributed by atoms with Crippen LogP contribution in [0.5, 0.6) is 5.75 Å². The number of thioether (sulfide) groups is 1. The molecule has 1 heterocycles. The molecule has 0 saturated heterocycles. The molecule has 1 aromatic heterocycles. The molecule has 3 rings (SSSR count). The normalized spacial score (nSPS) is 10.8. The van der Waals surface area contributed by atoms with Gasteiger partial charge in [-0.3, -0.25) is 9.59 Å². The Labute approximate surface area is 167 Å². The number of carbonyl (C=O) groups is 2. The van der Waals surface area contributed by atoms with Crippen molar-refractivity contribution in [2.45, 2.75) is 25.0 Å². The molecule has 0 unspecified atom stereocenters. The van der Waals surface area contributed by atoms with Crippen LogP contribution in [-0.2, 0) is 16.1 Å². The van der Waals surface area contributed by atoms with E-state index >= 15 is 0 Å². The zero-order chi connectivity index (χ0) is 19.9. The lowest BCUT2D eigenvalue weighted by atomic mass is 10.1. The van der Waals surface area contributed by atoms with Gasteiger partial charge >= 0.3 is 5.97 Å². The number of Topliss-reactive ketones (excluding diaryl/α,β-unsaturated/α-hetero) is 1. The van der Waals surface area contributed by atoms with Crippen molar-refractivity contribution in [2.24, 2.45) is 0 Å². The first-order valence-electron chi connectivity index (χ1n) is 9.04. The molecular formula is C21H22N2O4S. The molecule has 0 saturated carbocycles. The van der Waals surface area contributed by atoms with Crippen molar-refractivity contribution in [2.75, 3.05) is 19.5 Å². The number of para-hydroxylation sites is 3. The summed E-state index contributed by atoms with van der Waals surface area (Å²) in [5.41, 5.74) is 2.35. The number of hydrogen-bond donors (Lipinski definition) is 0. The van der Waals surface area contributed by atoms with E-state index < -0.39 is 5.97 Å². The quantitative estimate of drug-likeness (QED) is 0.309. The van der Waals surface area contributed by atoms with Gasteiger partial charge in [-0.25, -0.2) is 4.98 Å². The Morgan fingerprint density at radius 1 is 1.11 bits per heavy atom. The molecule has 6 nitrogen and oxygen atoms in total. The van der Waals surface area contributed by atoms with Crippen LogP contribution >= 0.6 is 11.8 Å². The zero-order valence-corrected chi connectivity index (χ0v) is 16.7. The van der Waals surface area contributed by atoms with E-state index in [0.29, 0.717) is 11.3 Å². The summed E-state index contributed by atoms with van der Waals surface area (Å²) >= 11 is 1.32. The Kier molecular flexibility index (Phi) is 6.71. The number of ketones is 1. The molecule has 0 N–H and O–H groups in total. The number of methoxy groups -OCH3 is 1. The van der Waals surface area contributed by atoms with Gasteiger partial charge in [-0.2, -0.15) is 0 Å². The lowest BCUT2D eigenvalue weighted by molar-refractivity contribution is -0.139. The topological polar surface area (TPSA) is 70.4 Å². The molecule has 0 bridgehead atoms. The predicted molar refractivity (Wildman–Crippen MR) is 109 cm³/mol. The van der Waals surface area contributed by atoms with Crippen molar-refractivity contribution in [3.63, 3.8) is 0 Å². The molecule has 28 heavy (non-hydrogen) atoms. The highest BCUT2D eigenvalue weighted by molar-refractivity contribution is 7.99. The van der Waals surface area contributed by atoms with Gasteiger partial charge in [0.05, 0.1) is 29.5 Å². The smallest absolute Gasteiger partial charge is 0.316 e. The average molecular weight is 398 g/mol. The molecule has 0 atom stereocenters. The summed E-state index contributed by atoms with van der Waals surface area (Å²) in [6, 6.07) is 14.8. The molecule has 0 aliphatic heterocycles. The van der Waals surface area contributed by atoms with Crippen molar-refractivity contribution in [1.29, 1.82) is 0 Å². The third kappa shape index (κ3) is 4.54. The minimum atomic E-state index is -0.455. The van der Waals surface area contributed by atoms with E-state index in [4.69, 9.17) is 9.47 Å². The molecule has 2 aromatic carbocycles. The predicted octanol–water partition coefficient (Wildman–Crippen LogP) is 3.97. The highest BCUT2D eigenvalue weighted by Crippen LogP contribution is 2.24. The largest absolute Gasteiger partial charge is 0.496 e. The number of aromatic nitrogens is 2. The monoisotopic (exact) mass is 398 g/mol. The lowest BCUT2D eigenvalue weighted by Gasteiger charge is -2.09. The van der Waals surface area contributed by atoms with Crippen molar-refractivity contribution >= 4 is 34.5 Å².